The molecule has 0 aliphatic heterocycles. The highest BCUT2D eigenvalue weighted by molar-refractivity contribution is 5.32. The molecule has 0 amide bonds. The molecule has 0 radical (unpaired) electrons. The van der Waals surface area contributed by atoms with Crippen LogP contribution in [-0.4, -0.2) is 0 Å². The van der Waals surface area contributed by atoms with Gasteiger partial charge in [-0.05, 0) is 37.6 Å². The summed E-state index contributed by atoms with van der Waals surface area (Å²) in [4.78, 5) is 0. The molecule has 1 aromatic heterocycles. The Bertz CT molecular complexity index is 548. The molecule has 0 aliphatic carbocycles. The molecule has 0 fully saturated rings. The van der Waals surface area contributed by atoms with Gasteiger partial charge in [0.05, 0.1) is 6.04 Å². The first-order chi connectivity index (χ1) is 7.99. The van der Waals surface area contributed by atoms with Gasteiger partial charge in [-0.3, -0.25) is 0 Å². The van der Waals surface area contributed by atoms with Crippen molar-refractivity contribution in [3.05, 3.63) is 58.5 Å². The monoisotopic (exact) mass is 237 g/mol. The number of rotatable bonds is 2. The van der Waals surface area contributed by atoms with Gasteiger partial charge in [-0.2, -0.15) is 0 Å². The molecule has 0 saturated carbocycles. The summed E-state index contributed by atoms with van der Waals surface area (Å²) in [5.41, 5.74) is 6.49. The van der Waals surface area contributed by atoms with Crippen LogP contribution in [0.2, 0.25) is 0 Å². The first-order valence-electron chi connectivity index (χ1n) is 5.26. The molecule has 1 heterocycles. The Balaban J connectivity index is 2.43. The van der Waals surface area contributed by atoms with Gasteiger partial charge in [0, 0.05) is 11.6 Å². The fourth-order valence-corrected chi connectivity index (χ4v) is 1.69. The molecule has 2 N–H and O–H groups in total. The topological polar surface area (TPSA) is 39.2 Å². The Labute approximate surface area is 98.0 Å². The smallest absolute Gasteiger partial charge is 0.131 e. The Kier molecular flexibility index (Phi) is 2.98. The summed E-state index contributed by atoms with van der Waals surface area (Å²) in [6, 6.07) is 4.98. The quantitative estimate of drug-likeness (QED) is 0.871. The zero-order chi connectivity index (χ0) is 12.6. The van der Waals surface area contributed by atoms with Crippen molar-refractivity contribution in [3.8, 4) is 0 Å². The summed E-state index contributed by atoms with van der Waals surface area (Å²) >= 11 is 0. The average molecular weight is 237 g/mol. The lowest BCUT2D eigenvalue weighted by Crippen LogP contribution is -2.13. The molecule has 0 spiro atoms. The largest absolute Gasteiger partial charge is 0.464 e. The number of hydrogen-bond acceptors (Lipinski definition) is 2. The molecule has 0 bridgehead atoms. The molecule has 1 atom stereocenters. The maximum absolute atomic E-state index is 13.6. The van der Waals surface area contributed by atoms with Gasteiger partial charge in [-0.15, -0.1) is 0 Å². The van der Waals surface area contributed by atoms with E-state index in [1.165, 1.54) is 6.07 Å². The van der Waals surface area contributed by atoms with Crippen molar-refractivity contribution in [1.29, 1.82) is 0 Å². The number of nitrogens with two attached hydrogens (primary N) is 1. The summed E-state index contributed by atoms with van der Waals surface area (Å²) in [6.07, 6.45) is 0. The van der Waals surface area contributed by atoms with Crippen LogP contribution in [0.3, 0.4) is 0 Å². The van der Waals surface area contributed by atoms with Gasteiger partial charge in [0.25, 0.3) is 0 Å². The van der Waals surface area contributed by atoms with E-state index in [-0.39, 0.29) is 5.56 Å². The number of furan rings is 1. The second-order valence-corrected chi connectivity index (χ2v) is 4.05. The Hall–Kier alpha value is -1.68. The van der Waals surface area contributed by atoms with E-state index in [0.29, 0.717) is 17.1 Å². The first-order valence-corrected chi connectivity index (χ1v) is 5.26. The highest BCUT2D eigenvalue weighted by atomic mass is 19.1. The molecule has 2 nitrogen and oxygen atoms in total. The number of aryl methyl sites for hydroxylation is 2. The van der Waals surface area contributed by atoms with Crippen LogP contribution in [0.5, 0.6) is 0 Å². The van der Waals surface area contributed by atoms with E-state index in [2.05, 4.69) is 0 Å². The van der Waals surface area contributed by atoms with Crippen LogP contribution in [0.1, 0.15) is 28.7 Å². The van der Waals surface area contributed by atoms with E-state index in [0.717, 1.165) is 6.07 Å². The van der Waals surface area contributed by atoms with Crippen molar-refractivity contribution in [2.24, 2.45) is 5.73 Å². The van der Waals surface area contributed by atoms with Gasteiger partial charge < -0.3 is 10.2 Å². The van der Waals surface area contributed by atoms with Gasteiger partial charge in [-0.25, -0.2) is 8.78 Å². The van der Waals surface area contributed by atoms with Crippen LogP contribution >= 0.6 is 0 Å². The first kappa shape index (κ1) is 11.8. The van der Waals surface area contributed by atoms with Gasteiger partial charge in [0.1, 0.15) is 23.2 Å². The normalized spacial score (nSPS) is 12.8. The summed E-state index contributed by atoms with van der Waals surface area (Å²) in [5.74, 6) is -0.0640. The number of hydrogen-bond donors (Lipinski definition) is 1. The van der Waals surface area contributed by atoms with Crippen LogP contribution in [0.15, 0.2) is 28.7 Å². The van der Waals surface area contributed by atoms with Gasteiger partial charge >= 0.3 is 0 Å². The van der Waals surface area contributed by atoms with E-state index in [1.807, 2.05) is 0 Å². The number of halogens is 2. The van der Waals surface area contributed by atoms with Crippen LogP contribution in [0.4, 0.5) is 8.78 Å². The maximum Gasteiger partial charge on any atom is 0.131 e. The molecular weight excluding hydrogens is 224 g/mol. The standard InChI is InChI=1S/C13H13F2NO/c1-7-5-9(11(15)6-10(7)14)13(16)12-4-3-8(2)17-12/h3-6,13H,16H2,1-2H3. The van der Waals surface area contributed by atoms with Crippen molar-refractivity contribution in [3.63, 3.8) is 0 Å². The summed E-state index contributed by atoms with van der Waals surface area (Å²) in [6.45, 7) is 3.35. The minimum atomic E-state index is -0.719. The molecular formula is C13H13F2NO. The molecule has 4 heteroatoms. The van der Waals surface area contributed by atoms with Crippen molar-refractivity contribution in [2.75, 3.05) is 0 Å². The maximum atomic E-state index is 13.6. The molecule has 2 aromatic rings. The highest BCUT2D eigenvalue weighted by Gasteiger charge is 2.18. The Morgan fingerprint density at radius 2 is 1.82 bits per heavy atom. The van der Waals surface area contributed by atoms with Gasteiger partial charge in [0.15, 0.2) is 0 Å². The van der Waals surface area contributed by atoms with Crippen LogP contribution < -0.4 is 5.73 Å². The Morgan fingerprint density at radius 1 is 1.12 bits per heavy atom. The zero-order valence-electron chi connectivity index (χ0n) is 9.63. The average Bonchev–Trinajstić information content (AvgIpc) is 2.69. The predicted molar refractivity (Wildman–Crippen MR) is 60.6 cm³/mol. The molecule has 1 aromatic carbocycles. The summed E-state index contributed by atoms with van der Waals surface area (Å²) in [7, 11) is 0. The van der Waals surface area contributed by atoms with Crippen molar-refractivity contribution < 1.29 is 13.2 Å². The van der Waals surface area contributed by atoms with Crippen LogP contribution in [-0.2, 0) is 0 Å². The molecule has 2 rings (SSSR count). The molecule has 0 saturated heterocycles. The highest BCUT2D eigenvalue weighted by Crippen LogP contribution is 2.25. The Morgan fingerprint density at radius 3 is 2.41 bits per heavy atom. The molecule has 0 aliphatic rings. The molecule has 90 valence electrons. The van der Waals surface area contributed by atoms with E-state index >= 15 is 0 Å². The lowest BCUT2D eigenvalue weighted by atomic mass is 10.0. The van der Waals surface area contributed by atoms with E-state index in [4.69, 9.17) is 10.2 Å². The van der Waals surface area contributed by atoms with Crippen molar-refractivity contribution in [2.45, 2.75) is 19.9 Å². The van der Waals surface area contributed by atoms with E-state index < -0.39 is 17.7 Å². The third kappa shape index (κ3) is 2.22. The zero-order valence-corrected chi connectivity index (χ0v) is 9.63. The fourth-order valence-electron chi connectivity index (χ4n) is 1.69. The summed E-state index contributed by atoms with van der Waals surface area (Å²) < 4.78 is 32.1. The molecule has 1 unspecified atom stereocenters. The third-order valence-corrected chi connectivity index (χ3v) is 2.68. The lowest BCUT2D eigenvalue weighted by molar-refractivity contribution is 0.458. The second kappa shape index (κ2) is 4.30. The minimum Gasteiger partial charge on any atom is -0.464 e. The fraction of sp³-hybridized carbons (Fsp3) is 0.231. The van der Waals surface area contributed by atoms with Crippen molar-refractivity contribution in [1.82, 2.24) is 0 Å². The molecule has 17 heavy (non-hydrogen) atoms. The summed E-state index contributed by atoms with van der Waals surface area (Å²) in [5, 5.41) is 0. The lowest BCUT2D eigenvalue weighted by Gasteiger charge is -2.11. The number of benzene rings is 1. The second-order valence-electron chi connectivity index (χ2n) is 4.05. The van der Waals surface area contributed by atoms with Crippen LogP contribution in [0.25, 0.3) is 0 Å². The predicted octanol–water partition coefficient (Wildman–Crippen LogP) is 3.22. The van der Waals surface area contributed by atoms with Crippen molar-refractivity contribution >= 4 is 0 Å². The minimum absolute atomic E-state index is 0.234. The van der Waals surface area contributed by atoms with Gasteiger partial charge in [-0.1, -0.05) is 0 Å². The van der Waals surface area contributed by atoms with E-state index in [9.17, 15) is 8.78 Å². The van der Waals surface area contributed by atoms with E-state index in [1.54, 1.807) is 26.0 Å². The SMILES string of the molecule is Cc1ccc(C(N)c2cc(C)c(F)cc2F)o1. The third-order valence-electron chi connectivity index (χ3n) is 2.68. The van der Waals surface area contributed by atoms with Crippen LogP contribution in [0, 0.1) is 25.5 Å². The van der Waals surface area contributed by atoms with Gasteiger partial charge in [0.2, 0.25) is 0 Å².